The van der Waals surface area contributed by atoms with Gasteiger partial charge in [-0.1, -0.05) is 25.1 Å². The topological polar surface area (TPSA) is 54.3 Å². The summed E-state index contributed by atoms with van der Waals surface area (Å²) in [6, 6.07) is 11.5. The van der Waals surface area contributed by atoms with Crippen LogP contribution in [0.25, 0.3) is 0 Å². The summed E-state index contributed by atoms with van der Waals surface area (Å²) >= 11 is 0. The zero-order valence-electron chi connectivity index (χ0n) is 12.1. The van der Waals surface area contributed by atoms with Crippen molar-refractivity contribution >= 4 is 11.6 Å². The minimum atomic E-state index is -0.222. The van der Waals surface area contributed by atoms with Gasteiger partial charge >= 0.3 is 0 Å². The number of furan rings is 1. The standard InChI is InChI=1S/C16H20N2O2/c1-4-12-9-10-15(20-12)16(19)18-14-8-6-5-7-13(14)11(2)17-3/h5-11,17H,4H2,1-3H3,(H,18,19). The molecular weight excluding hydrogens is 252 g/mol. The lowest BCUT2D eigenvalue weighted by atomic mass is 10.1. The zero-order chi connectivity index (χ0) is 14.5. The van der Waals surface area contributed by atoms with Gasteiger partial charge < -0.3 is 15.1 Å². The molecule has 0 saturated heterocycles. The van der Waals surface area contributed by atoms with Gasteiger partial charge in [0.05, 0.1) is 0 Å². The first-order chi connectivity index (χ1) is 9.65. The molecule has 2 rings (SSSR count). The summed E-state index contributed by atoms with van der Waals surface area (Å²) in [6.45, 7) is 4.04. The molecule has 2 N–H and O–H groups in total. The molecule has 0 aliphatic heterocycles. The number of nitrogens with one attached hydrogen (secondary N) is 2. The number of aryl methyl sites for hydroxylation is 1. The third-order valence-corrected chi connectivity index (χ3v) is 3.34. The van der Waals surface area contributed by atoms with Gasteiger partial charge in [-0.25, -0.2) is 0 Å². The van der Waals surface area contributed by atoms with Crippen LogP contribution in [-0.2, 0) is 6.42 Å². The molecule has 0 saturated carbocycles. The Morgan fingerprint density at radius 1 is 1.25 bits per heavy atom. The maximum atomic E-state index is 12.2. The second-order valence-corrected chi connectivity index (χ2v) is 4.67. The van der Waals surface area contributed by atoms with Gasteiger partial charge in [0.25, 0.3) is 5.91 Å². The van der Waals surface area contributed by atoms with Crippen molar-refractivity contribution in [3.8, 4) is 0 Å². The second-order valence-electron chi connectivity index (χ2n) is 4.67. The van der Waals surface area contributed by atoms with Crippen molar-refractivity contribution in [3.63, 3.8) is 0 Å². The molecule has 1 atom stereocenters. The summed E-state index contributed by atoms with van der Waals surface area (Å²) in [5.41, 5.74) is 1.85. The minimum absolute atomic E-state index is 0.161. The summed E-state index contributed by atoms with van der Waals surface area (Å²) in [7, 11) is 1.89. The van der Waals surface area contributed by atoms with Crippen LogP contribution in [0.1, 0.15) is 41.8 Å². The van der Waals surface area contributed by atoms with E-state index in [2.05, 4.69) is 10.6 Å². The van der Waals surface area contributed by atoms with Crippen LogP contribution in [0.15, 0.2) is 40.8 Å². The normalized spacial score (nSPS) is 12.2. The number of para-hydroxylation sites is 1. The van der Waals surface area contributed by atoms with Crippen molar-refractivity contribution in [2.75, 3.05) is 12.4 Å². The highest BCUT2D eigenvalue weighted by molar-refractivity contribution is 6.02. The Hall–Kier alpha value is -2.07. The SMILES string of the molecule is CCc1ccc(C(=O)Nc2ccccc2C(C)NC)o1. The molecule has 4 heteroatoms. The highest BCUT2D eigenvalue weighted by Gasteiger charge is 2.14. The van der Waals surface area contributed by atoms with E-state index in [1.54, 1.807) is 6.07 Å². The first-order valence-corrected chi connectivity index (χ1v) is 6.82. The lowest BCUT2D eigenvalue weighted by Gasteiger charge is -2.15. The number of benzene rings is 1. The average Bonchev–Trinajstić information content (AvgIpc) is 2.96. The number of carbonyl (C=O) groups is 1. The van der Waals surface area contributed by atoms with Crippen molar-refractivity contribution < 1.29 is 9.21 Å². The first-order valence-electron chi connectivity index (χ1n) is 6.82. The van der Waals surface area contributed by atoms with Crippen molar-refractivity contribution in [2.45, 2.75) is 26.3 Å². The van der Waals surface area contributed by atoms with Crippen molar-refractivity contribution in [2.24, 2.45) is 0 Å². The first kappa shape index (κ1) is 14.3. The molecule has 1 amide bonds. The second kappa shape index (κ2) is 6.39. The average molecular weight is 272 g/mol. The number of hydrogen-bond acceptors (Lipinski definition) is 3. The van der Waals surface area contributed by atoms with Gasteiger partial charge in [-0.05, 0) is 37.7 Å². The maximum Gasteiger partial charge on any atom is 0.291 e. The number of amides is 1. The lowest BCUT2D eigenvalue weighted by molar-refractivity contribution is 0.0995. The third kappa shape index (κ3) is 3.08. The van der Waals surface area contributed by atoms with E-state index in [0.717, 1.165) is 23.4 Å². The molecule has 1 heterocycles. The van der Waals surface area contributed by atoms with Gasteiger partial charge in [-0.15, -0.1) is 0 Å². The fraction of sp³-hybridized carbons (Fsp3) is 0.312. The summed E-state index contributed by atoms with van der Waals surface area (Å²) in [4.78, 5) is 12.2. The van der Waals surface area contributed by atoms with Gasteiger partial charge in [0, 0.05) is 18.2 Å². The summed E-state index contributed by atoms with van der Waals surface area (Å²) in [5, 5.41) is 6.08. The van der Waals surface area contributed by atoms with Crippen LogP contribution in [-0.4, -0.2) is 13.0 Å². The monoisotopic (exact) mass is 272 g/mol. The van der Waals surface area contributed by atoms with E-state index in [-0.39, 0.29) is 11.9 Å². The van der Waals surface area contributed by atoms with Gasteiger partial charge in [0.1, 0.15) is 5.76 Å². The minimum Gasteiger partial charge on any atom is -0.456 e. The van der Waals surface area contributed by atoms with E-state index < -0.39 is 0 Å². The van der Waals surface area contributed by atoms with Crippen molar-refractivity contribution in [1.82, 2.24) is 5.32 Å². The Balaban J connectivity index is 2.19. The van der Waals surface area contributed by atoms with Gasteiger partial charge in [-0.3, -0.25) is 4.79 Å². The predicted octanol–water partition coefficient (Wildman–Crippen LogP) is 3.37. The van der Waals surface area contributed by atoms with Crippen LogP contribution >= 0.6 is 0 Å². The van der Waals surface area contributed by atoms with E-state index in [1.807, 2.05) is 51.2 Å². The van der Waals surface area contributed by atoms with E-state index in [1.165, 1.54) is 0 Å². The molecule has 0 radical (unpaired) electrons. The molecule has 0 fully saturated rings. The third-order valence-electron chi connectivity index (χ3n) is 3.34. The van der Waals surface area contributed by atoms with Crippen LogP contribution in [0.4, 0.5) is 5.69 Å². The van der Waals surface area contributed by atoms with Crippen LogP contribution in [0.5, 0.6) is 0 Å². The number of carbonyl (C=O) groups excluding carboxylic acids is 1. The van der Waals surface area contributed by atoms with Crippen LogP contribution in [0, 0.1) is 0 Å². The molecule has 2 aromatic rings. The van der Waals surface area contributed by atoms with Crippen LogP contribution < -0.4 is 10.6 Å². The molecule has 0 spiro atoms. The predicted molar refractivity (Wildman–Crippen MR) is 80.0 cm³/mol. The van der Waals surface area contributed by atoms with Crippen LogP contribution in [0.2, 0.25) is 0 Å². The molecule has 4 nitrogen and oxygen atoms in total. The van der Waals surface area contributed by atoms with Gasteiger partial charge in [0.2, 0.25) is 0 Å². The Bertz CT molecular complexity index is 590. The molecule has 1 unspecified atom stereocenters. The van der Waals surface area contributed by atoms with Crippen molar-refractivity contribution in [1.29, 1.82) is 0 Å². The fourth-order valence-electron chi connectivity index (χ4n) is 2.02. The quantitative estimate of drug-likeness (QED) is 0.877. The van der Waals surface area contributed by atoms with E-state index in [4.69, 9.17) is 4.42 Å². The Morgan fingerprint density at radius 3 is 2.65 bits per heavy atom. The number of anilines is 1. The Labute approximate surface area is 119 Å². The van der Waals surface area contributed by atoms with E-state index >= 15 is 0 Å². The molecule has 20 heavy (non-hydrogen) atoms. The molecule has 106 valence electrons. The molecule has 1 aromatic carbocycles. The molecule has 0 bridgehead atoms. The largest absolute Gasteiger partial charge is 0.456 e. The molecule has 0 aliphatic rings. The highest BCUT2D eigenvalue weighted by atomic mass is 16.3. The van der Waals surface area contributed by atoms with E-state index in [9.17, 15) is 4.79 Å². The smallest absolute Gasteiger partial charge is 0.291 e. The van der Waals surface area contributed by atoms with E-state index in [0.29, 0.717) is 5.76 Å². The van der Waals surface area contributed by atoms with Crippen molar-refractivity contribution in [3.05, 3.63) is 53.5 Å². The van der Waals surface area contributed by atoms with Crippen LogP contribution in [0.3, 0.4) is 0 Å². The zero-order valence-corrected chi connectivity index (χ0v) is 12.1. The molecule has 1 aromatic heterocycles. The Morgan fingerprint density at radius 2 is 2.00 bits per heavy atom. The summed E-state index contributed by atoms with van der Waals surface area (Å²) < 4.78 is 5.47. The summed E-state index contributed by atoms with van der Waals surface area (Å²) in [6.07, 6.45) is 0.778. The van der Waals surface area contributed by atoms with Gasteiger partial charge in [-0.2, -0.15) is 0 Å². The number of rotatable bonds is 5. The molecule has 0 aliphatic carbocycles. The lowest BCUT2D eigenvalue weighted by Crippen LogP contribution is -2.17. The maximum absolute atomic E-state index is 12.2. The molecular formula is C16H20N2O2. The Kier molecular flexibility index (Phi) is 4.58. The van der Waals surface area contributed by atoms with Gasteiger partial charge in [0.15, 0.2) is 5.76 Å². The fourth-order valence-corrected chi connectivity index (χ4v) is 2.02. The number of hydrogen-bond donors (Lipinski definition) is 2. The highest BCUT2D eigenvalue weighted by Crippen LogP contribution is 2.23. The summed E-state index contributed by atoms with van der Waals surface area (Å²) in [5.74, 6) is 0.932.